The number of aryl methyl sites for hydroxylation is 2. The van der Waals surface area contributed by atoms with E-state index in [0.717, 1.165) is 27.4 Å². The third-order valence-corrected chi connectivity index (χ3v) is 5.65. The van der Waals surface area contributed by atoms with Gasteiger partial charge in [0, 0.05) is 14.1 Å². The van der Waals surface area contributed by atoms with Gasteiger partial charge in [-0.2, -0.15) is 5.10 Å². The predicted octanol–water partition coefficient (Wildman–Crippen LogP) is 4.16. The lowest BCUT2D eigenvalue weighted by molar-refractivity contribution is 0.0775. The van der Waals surface area contributed by atoms with E-state index in [1.165, 1.54) is 0 Å². The molecule has 0 aliphatic carbocycles. The third kappa shape index (κ3) is 3.86. The summed E-state index contributed by atoms with van der Waals surface area (Å²) in [5, 5.41) is 7.28. The highest BCUT2D eigenvalue weighted by Crippen LogP contribution is 2.29. The number of ether oxygens (including phenoxy) is 1. The number of aromatic nitrogens is 3. The summed E-state index contributed by atoms with van der Waals surface area (Å²) < 4.78 is 7.47. The summed E-state index contributed by atoms with van der Waals surface area (Å²) in [5.41, 5.74) is 2.91. The van der Waals surface area contributed by atoms with Crippen molar-refractivity contribution in [2.24, 2.45) is 7.05 Å². The van der Waals surface area contributed by atoms with Gasteiger partial charge in [0.1, 0.15) is 12.4 Å². The van der Waals surface area contributed by atoms with Gasteiger partial charge in [-0.3, -0.25) is 9.48 Å². The second kappa shape index (κ2) is 8.05. The molecule has 0 N–H and O–H groups in total. The molecule has 0 atom stereocenters. The van der Waals surface area contributed by atoms with E-state index in [-0.39, 0.29) is 5.91 Å². The number of para-hydroxylation sites is 1. The van der Waals surface area contributed by atoms with Crippen molar-refractivity contribution in [2.75, 3.05) is 20.2 Å². The number of hydrogen-bond donors (Lipinski definition) is 0. The molecule has 3 aromatic heterocycles. The highest BCUT2D eigenvalue weighted by molar-refractivity contribution is 7.13. The van der Waals surface area contributed by atoms with Crippen molar-refractivity contribution in [3.05, 3.63) is 65.2 Å². The minimum absolute atomic E-state index is 0.0667. The van der Waals surface area contributed by atoms with Crippen LogP contribution >= 0.6 is 11.3 Å². The Morgan fingerprint density at radius 3 is 2.72 bits per heavy atom. The molecule has 6 nitrogen and oxygen atoms in total. The maximum atomic E-state index is 13.3. The van der Waals surface area contributed by atoms with Crippen LogP contribution in [0.4, 0.5) is 0 Å². The average Bonchev–Trinajstić information content (AvgIpc) is 3.36. The largest absolute Gasteiger partial charge is 0.492 e. The van der Waals surface area contributed by atoms with Crippen LogP contribution < -0.4 is 4.74 Å². The number of rotatable bonds is 6. The van der Waals surface area contributed by atoms with Gasteiger partial charge in [-0.25, -0.2) is 4.98 Å². The molecule has 0 saturated carbocycles. The maximum absolute atomic E-state index is 13.3. The van der Waals surface area contributed by atoms with Gasteiger partial charge in [-0.15, -0.1) is 11.3 Å². The normalized spacial score (nSPS) is 11.0. The van der Waals surface area contributed by atoms with Crippen molar-refractivity contribution in [3.8, 4) is 16.3 Å². The monoisotopic (exact) mass is 406 g/mol. The molecule has 1 aromatic carbocycles. The number of benzene rings is 1. The fourth-order valence-electron chi connectivity index (χ4n) is 3.29. The number of fused-ring (bicyclic) bond motifs is 1. The van der Waals surface area contributed by atoms with Crippen LogP contribution in [0.3, 0.4) is 0 Å². The number of thiophene rings is 1. The predicted molar refractivity (Wildman–Crippen MR) is 115 cm³/mol. The summed E-state index contributed by atoms with van der Waals surface area (Å²) in [6.45, 7) is 2.81. The zero-order chi connectivity index (χ0) is 20.4. The van der Waals surface area contributed by atoms with Crippen molar-refractivity contribution in [2.45, 2.75) is 6.92 Å². The molecule has 0 radical (unpaired) electrons. The van der Waals surface area contributed by atoms with E-state index in [9.17, 15) is 4.79 Å². The zero-order valence-electron chi connectivity index (χ0n) is 16.6. The van der Waals surface area contributed by atoms with E-state index in [0.29, 0.717) is 24.4 Å². The van der Waals surface area contributed by atoms with E-state index in [4.69, 9.17) is 9.72 Å². The van der Waals surface area contributed by atoms with Gasteiger partial charge >= 0.3 is 0 Å². The van der Waals surface area contributed by atoms with Crippen LogP contribution in [0.5, 0.6) is 5.75 Å². The SMILES string of the molecule is Cc1nn(C)c2nc(-c3cccs3)cc(C(=O)N(C)CCOc3ccccc3)c12. The summed E-state index contributed by atoms with van der Waals surface area (Å²) in [4.78, 5) is 20.8. The first-order valence-electron chi connectivity index (χ1n) is 9.36. The first kappa shape index (κ1) is 19.1. The van der Waals surface area contributed by atoms with Crippen molar-refractivity contribution < 1.29 is 9.53 Å². The minimum Gasteiger partial charge on any atom is -0.492 e. The molecule has 0 bridgehead atoms. The molecule has 0 spiro atoms. The lowest BCUT2D eigenvalue weighted by Gasteiger charge is -2.18. The standard InChI is InChI=1S/C22H22N4O2S/c1-15-20-17(22(27)25(2)11-12-28-16-8-5-4-6-9-16)14-18(19-10-7-13-29-19)23-21(20)26(3)24-15/h4-10,13-14H,11-12H2,1-3H3. The maximum Gasteiger partial charge on any atom is 0.254 e. The summed E-state index contributed by atoms with van der Waals surface area (Å²) in [6, 6.07) is 15.5. The third-order valence-electron chi connectivity index (χ3n) is 4.76. The van der Waals surface area contributed by atoms with Gasteiger partial charge in [0.15, 0.2) is 5.65 Å². The molecule has 1 amide bonds. The summed E-state index contributed by atoms with van der Waals surface area (Å²) in [7, 11) is 3.64. The van der Waals surface area contributed by atoms with Crippen molar-refractivity contribution in [1.29, 1.82) is 0 Å². The molecule has 4 rings (SSSR count). The topological polar surface area (TPSA) is 60.2 Å². The van der Waals surface area contributed by atoms with Crippen molar-refractivity contribution in [1.82, 2.24) is 19.7 Å². The van der Waals surface area contributed by atoms with E-state index in [1.54, 1.807) is 28.0 Å². The van der Waals surface area contributed by atoms with Gasteiger partial charge in [0.2, 0.25) is 0 Å². The number of pyridine rings is 1. The molecular weight excluding hydrogens is 384 g/mol. The fourth-order valence-corrected chi connectivity index (χ4v) is 3.97. The minimum atomic E-state index is -0.0667. The molecule has 0 aliphatic heterocycles. The average molecular weight is 407 g/mol. The van der Waals surface area contributed by atoms with Crippen molar-refractivity contribution >= 4 is 28.3 Å². The van der Waals surface area contributed by atoms with Crippen LogP contribution in [0.25, 0.3) is 21.6 Å². The van der Waals surface area contributed by atoms with Crippen LogP contribution in [0, 0.1) is 6.92 Å². The molecule has 0 saturated heterocycles. The number of amides is 1. The lowest BCUT2D eigenvalue weighted by Crippen LogP contribution is -2.31. The Bertz CT molecular complexity index is 1140. The Morgan fingerprint density at radius 2 is 2.00 bits per heavy atom. The molecule has 7 heteroatoms. The highest BCUT2D eigenvalue weighted by atomic mass is 32.1. The number of nitrogens with zero attached hydrogens (tertiary/aromatic N) is 4. The highest BCUT2D eigenvalue weighted by Gasteiger charge is 2.22. The molecule has 0 unspecified atom stereocenters. The molecule has 3 heterocycles. The van der Waals surface area contributed by atoms with Gasteiger partial charge in [-0.05, 0) is 36.6 Å². The fraction of sp³-hybridized carbons (Fsp3) is 0.227. The smallest absolute Gasteiger partial charge is 0.254 e. The Labute approximate surface area is 173 Å². The number of carbonyl (C=O) groups is 1. The van der Waals surface area contributed by atoms with Gasteiger partial charge in [-0.1, -0.05) is 24.3 Å². The van der Waals surface area contributed by atoms with Crippen molar-refractivity contribution in [3.63, 3.8) is 0 Å². The van der Waals surface area contributed by atoms with Gasteiger partial charge < -0.3 is 9.64 Å². The Morgan fingerprint density at radius 1 is 1.21 bits per heavy atom. The Balaban J connectivity index is 1.62. The zero-order valence-corrected chi connectivity index (χ0v) is 17.4. The molecule has 29 heavy (non-hydrogen) atoms. The van der Waals surface area contributed by atoms with E-state index < -0.39 is 0 Å². The van der Waals surface area contributed by atoms with Crippen LogP contribution in [0.1, 0.15) is 16.1 Å². The first-order valence-corrected chi connectivity index (χ1v) is 10.2. The molecule has 4 aromatic rings. The summed E-state index contributed by atoms with van der Waals surface area (Å²) >= 11 is 1.60. The van der Waals surface area contributed by atoms with Crippen LogP contribution in [0.15, 0.2) is 53.9 Å². The number of carbonyl (C=O) groups excluding carboxylic acids is 1. The second-order valence-corrected chi connectivity index (χ2v) is 7.78. The van der Waals surface area contributed by atoms with E-state index in [1.807, 2.05) is 67.9 Å². The quantitative estimate of drug-likeness (QED) is 0.482. The molecular formula is C22H22N4O2S. The second-order valence-electron chi connectivity index (χ2n) is 6.83. The molecule has 0 aliphatic rings. The summed E-state index contributed by atoms with van der Waals surface area (Å²) in [6.07, 6.45) is 0. The van der Waals surface area contributed by atoms with Crippen LogP contribution in [-0.4, -0.2) is 45.8 Å². The Hall–Kier alpha value is -3.19. The van der Waals surface area contributed by atoms with Crippen LogP contribution in [0.2, 0.25) is 0 Å². The lowest BCUT2D eigenvalue weighted by atomic mass is 10.1. The number of hydrogen-bond acceptors (Lipinski definition) is 5. The van der Waals surface area contributed by atoms with E-state index >= 15 is 0 Å². The van der Waals surface area contributed by atoms with Crippen LogP contribution in [-0.2, 0) is 7.05 Å². The summed E-state index contributed by atoms with van der Waals surface area (Å²) in [5.74, 6) is 0.728. The van der Waals surface area contributed by atoms with E-state index in [2.05, 4.69) is 5.10 Å². The Kier molecular flexibility index (Phi) is 5.31. The van der Waals surface area contributed by atoms with Gasteiger partial charge in [0.25, 0.3) is 5.91 Å². The molecule has 148 valence electrons. The molecule has 0 fully saturated rings. The first-order chi connectivity index (χ1) is 14.0. The number of likely N-dealkylation sites (N-methyl/N-ethyl adjacent to an activating group) is 1. The van der Waals surface area contributed by atoms with Gasteiger partial charge in [0.05, 0.1) is 33.8 Å².